The summed E-state index contributed by atoms with van der Waals surface area (Å²) in [4.78, 5) is 12.2. The number of carbonyl (C=O) groups excluding carboxylic acids is 1. The highest BCUT2D eigenvalue weighted by Crippen LogP contribution is 2.34. The number of aromatic nitrogens is 3. The highest BCUT2D eigenvalue weighted by Gasteiger charge is 2.15. The number of amides is 1. The molecular formula is C16H20N4O3S. The number of benzene rings is 1. The highest BCUT2D eigenvalue weighted by molar-refractivity contribution is 7.99. The highest BCUT2D eigenvalue weighted by atomic mass is 32.2. The third-order valence-electron chi connectivity index (χ3n) is 3.44. The van der Waals surface area contributed by atoms with E-state index >= 15 is 0 Å². The molecule has 0 bridgehead atoms. The molecule has 7 nitrogen and oxygen atoms in total. The molecule has 2 aromatic rings. The maximum Gasteiger partial charge on any atom is 0.234 e. The van der Waals surface area contributed by atoms with Crippen LogP contribution in [0, 0.1) is 12.8 Å². The SMILES string of the molecule is Cc1nnc(SCC(=O)Nc2ccc3c(c2)OCO3)n1CC(C)C. The number of fused-ring (bicyclic) bond motifs is 1. The lowest BCUT2D eigenvalue weighted by molar-refractivity contribution is -0.113. The van der Waals surface area contributed by atoms with E-state index in [1.165, 1.54) is 11.8 Å². The average Bonchev–Trinajstić information content (AvgIpc) is 3.12. The van der Waals surface area contributed by atoms with Gasteiger partial charge in [-0.25, -0.2) is 0 Å². The van der Waals surface area contributed by atoms with Gasteiger partial charge >= 0.3 is 0 Å². The molecule has 2 heterocycles. The Labute approximate surface area is 144 Å². The van der Waals surface area contributed by atoms with Crippen LogP contribution in [0.5, 0.6) is 11.5 Å². The van der Waals surface area contributed by atoms with Crippen LogP contribution in [0.4, 0.5) is 5.69 Å². The van der Waals surface area contributed by atoms with Crippen molar-refractivity contribution in [3.8, 4) is 11.5 Å². The van der Waals surface area contributed by atoms with Crippen LogP contribution >= 0.6 is 11.8 Å². The van der Waals surface area contributed by atoms with Gasteiger partial charge in [0.15, 0.2) is 16.7 Å². The summed E-state index contributed by atoms with van der Waals surface area (Å²) in [6, 6.07) is 5.34. The van der Waals surface area contributed by atoms with Crippen LogP contribution in [0.2, 0.25) is 0 Å². The second-order valence-electron chi connectivity index (χ2n) is 5.94. The molecule has 8 heteroatoms. The zero-order valence-corrected chi connectivity index (χ0v) is 14.7. The van der Waals surface area contributed by atoms with Crippen molar-refractivity contribution in [2.75, 3.05) is 17.9 Å². The normalized spacial score (nSPS) is 12.7. The second-order valence-corrected chi connectivity index (χ2v) is 6.88. The van der Waals surface area contributed by atoms with Gasteiger partial charge in [0, 0.05) is 18.3 Å². The summed E-state index contributed by atoms with van der Waals surface area (Å²) >= 11 is 1.38. The summed E-state index contributed by atoms with van der Waals surface area (Å²) in [5.74, 6) is 2.86. The molecule has 24 heavy (non-hydrogen) atoms. The lowest BCUT2D eigenvalue weighted by atomic mass is 10.2. The Morgan fingerprint density at radius 2 is 2.12 bits per heavy atom. The molecule has 1 aliphatic rings. The molecule has 1 aromatic heterocycles. The third-order valence-corrected chi connectivity index (χ3v) is 4.40. The van der Waals surface area contributed by atoms with Crippen LogP contribution in [-0.4, -0.2) is 33.2 Å². The zero-order chi connectivity index (χ0) is 17.1. The Morgan fingerprint density at radius 3 is 2.92 bits per heavy atom. The smallest absolute Gasteiger partial charge is 0.234 e. The Balaban J connectivity index is 1.58. The predicted octanol–water partition coefficient (Wildman–Crippen LogP) is 2.70. The molecule has 0 radical (unpaired) electrons. The Bertz CT molecular complexity index is 745. The topological polar surface area (TPSA) is 78.3 Å². The van der Waals surface area contributed by atoms with E-state index in [9.17, 15) is 4.79 Å². The molecule has 1 amide bonds. The number of anilines is 1. The van der Waals surface area contributed by atoms with Crippen molar-refractivity contribution >= 4 is 23.4 Å². The van der Waals surface area contributed by atoms with E-state index in [-0.39, 0.29) is 18.5 Å². The molecule has 0 saturated heterocycles. The van der Waals surface area contributed by atoms with Crippen LogP contribution in [0.3, 0.4) is 0 Å². The first-order valence-corrected chi connectivity index (χ1v) is 8.73. The van der Waals surface area contributed by atoms with Crippen molar-refractivity contribution in [2.24, 2.45) is 5.92 Å². The summed E-state index contributed by atoms with van der Waals surface area (Å²) in [5.41, 5.74) is 0.685. The number of carbonyl (C=O) groups is 1. The first kappa shape index (κ1) is 16.6. The minimum atomic E-state index is -0.101. The van der Waals surface area contributed by atoms with Crippen molar-refractivity contribution in [3.63, 3.8) is 0 Å². The van der Waals surface area contributed by atoms with Crippen molar-refractivity contribution in [1.29, 1.82) is 0 Å². The molecule has 0 saturated carbocycles. The van der Waals surface area contributed by atoms with Gasteiger partial charge in [0.2, 0.25) is 12.7 Å². The lowest BCUT2D eigenvalue weighted by Gasteiger charge is -2.10. The molecule has 0 aliphatic carbocycles. The van der Waals surface area contributed by atoms with Crippen molar-refractivity contribution in [1.82, 2.24) is 14.8 Å². The Kier molecular flexibility index (Phi) is 4.94. The van der Waals surface area contributed by atoms with E-state index in [0.717, 1.165) is 17.5 Å². The third kappa shape index (κ3) is 3.81. The molecule has 0 fully saturated rings. The maximum atomic E-state index is 12.2. The molecule has 1 aliphatic heterocycles. The van der Waals surface area contributed by atoms with Gasteiger partial charge in [-0.05, 0) is 25.0 Å². The van der Waals surface area contributed by atoms with Gasteiger partial charge in [-0.3, -0.25) is 4.79 Å². The summed E-state index contributed by atoms with van der Waals surface area (Å²) in [6.07, 6.45) is 0. The number of hydrogen-bond donors (Lipinski definition) is 1. The number of aryl methyl sites for hydroxylation is 1. The summed E-state index contributed by atoms with van der Waals surface area (Å²) in [7, 11) is 0. The predicted molar refractivity (Wildman–Crippen MR) is 91.5 cm³/mol. The number of ether oxygens (including phenoxy) is 2. The number of thioether (sulfide) groups is 1. The largest absolute Gasteiger partial charge is 0.454 e. The van der Waals surface area contributed by atoms with Gasteiger partial charge in [0.1, 0.15) is 5.82 Å². The molecule has 0 atom stereocenters. The van der Waals surface area contributed by atoms with Crippen molar-refractivity contribution < 1.29 is 14.3 Å². The molecule has 0 spiro atoms. The van der Waals surface area contributed by atoms with Gasteiger partial charge in [-0.15, -0.1) is 10.2 Å². The minimum Gasteiger partial charge on any atom is -0.454 e. The standard InChI is InChI=1S/C16H20N4O3S/c1-10(2)7-20-11(3)18-19-16(20)24-8-15(21)17-12-4-5-13-14(6-12)23-9-22-13/h4-6,10H,7-9H2,1-3H3,(H,17,21). The van der Waals surface area contributed by atoms with E-state index in [0.29, 0.717) is 23.1 Å². The fraction of sp³-hybridized carbons (Fsp3) is 0.438. The van der Waals surface area contributed by atoms with Gasteiger partial charge < -0.3 is 19.4 Å². The van der Waals surface area contributed by atoms with Crippen LogP contribution in [-0.2, 0) is 11.3 Å². The number of hydrogen-bond acceptors (Lipinski definition) is 6. The van der Waals surface area contributed by atoms with Gasteiger partial charge in [0.05, 0.1) is 5.75 Å². The first-order valence-electron chi connectivity index (χ1n) is 7.75. The van der Waals surface area contributed by atoms with Gasteiger partial charge in [-0.2, -0.15) is 0 Å². The summed E-state index contributed by atoms with van der Waals surface area (Å²) in [6.45, 7) is 7.25. The first-order chi connectivity index (χ1) is 11.5. The van der Waals surface area contributed by atoms with E-state index < -0.39 is 0 Å². The van der Waals surface area contributed by atoms with Gasteiger partial charge in [0.25, 0.3) is 0 Å². The molecule has 128 valence electrons. The molecule has 1 N–H and O–H groups in total. The van der Waals surface area contributed by atoms with Crippen LogP contribution in [0.25, 0.3) is 0 Å². The number of rotatable bonds is 6. The van der Waals surface area contributed by atoms with Crippen molar-refractivity contribution in [2.45, 2.75) is 32.5 Å². The second kappa shape index (κ2) is 7.12. The lowest BCUT2D eigenvalue weighted by Crippen LogP contribution is -2.15. The van der Waals surface area contributed by atoms with Gasteiger partial charge in [-0.1, -0.05) is 25.6 Å². The average molecular weight is 348 g/mol. The van der Waals surface area contributed by atoms with E-state index in [1.54, 1.807) is 18.2 Å². The molecule has 0 unspecified atom stereocenters. The fourth-order valence-electron chi connectivity index (χ4n) is 2.35. The number of nitrogens with zero attached hydrogens (tertiary/aromatic N) is 3. The fourth-order valence-corrected chi connectivity index (χ4v) is 3.14. The van der Waals surface area contributed by atoms with Crippen LogP contribution < -0.4 is 14.8 Å². The Hall–Kier alpha value is -2.22. The van der Waals surface area contributed by atoms with E-state index in [1.807, 2.05) is 11.5 Å². The molecular weight excluding hydrogens is 328 g/mol. The Morgan fingerprint density at radius 1 is 1.33 bits per heavy atom. The molecule has 3 rings (SSSR count). The maximum absolute atomic E-state index is 12.2. The molecule has 1 aromatic carbocycles. The quantitative estimate of drug-likeness (QED) is 0.809. The summed E-state index contributed by atoms with van der Waals surface area (Å²) < 4.78 is 12.6. The van der Waals surface area contributed by atoms with Crippen molar-refractivity contribution in [3.05, 3.63) is 24.0 Å². The summed E-state index contributed by atoms with van der Waals surface area (Å²) in [5, 5.41) is 11.9. The van der Waals surface area contributed by atoms with E-state index in [2.05, 4.69) is 29.4 Å². The minimum absolute atomic E-state index is 0.101. The van der Waals surface area contributed by atoms with E-state index in [4.69, 9.17) is 9.47 Å². The monoisotopic (exact) mass is 348 g/mol. The zero-order valence-electron chi connectivity index (χ0n) is 13.9. The van der Waals surface area contributed by atoms with Crippen LogP contribution in [0.1, 0.15) is 19.7 Å². The van der Waals surface area contributed by atoms with Crippen LogP contribution in [0.15, 0.2) is 23.4 Å². The number of nitrogens with one attached hydrogen (secondary N) is 1.